The molecule has 0 aliphatic heterocycles. The van der Waals surface area contributed by atoms with Crippen molar-refractivity contribution in [2.24, 2.45) is 0 Å². The fourth-order valence-corrected chi connectivity index (χ4v) is 1.31. The highest BCUT2D eigenvalue weighted by atomic mass is 16.5. The van der Waals surface area contributed by atoms with E-state index in [9.17, 15) is 0 Å². The first-order chi connectivity index (χ1) is 7.65. The van der Waals surface area contributed by atoms with Gasteiger partial charge in [-0.1, -0.05) is 0 Å². The van der Waals surface area contributed by atoms with Crippen molar-refractivity contribution in [2.45, 2.75) is 13.8 Å². The Labute approximate surface area is 94.1 Å². The van der Waals surface area contributed by atoms with Crippen molar-refractivity contribution in [2.75, 3.05) is 0 Å². The Morgan fingerprint density at radius 3 is 2.69 bits per heavy atom. The summed E-state index contributed by atoms with van der Waals surface area (Å²) in [6, 6.07) is 6.99. The van der Waals surface area contributed by atoms with Gasteiger partial charge in [0.1, 0.15) is 11.6 Å². The summed E-state index contributed by atoms with van der Waals surface area (Å²) in [7, 11) is 0. The second kappa shape index (κ2) is 4.18. The number of nitrogens with one attached hydrogen (secondary N) is 1. The predicted molar refractivity (Wildman–Crippen MR) is 60.8 cm³/mol. The van der Waals surface area contributed by atoms with E-state index in [1.807, 2.05) is 19.9 Å². The van der Waals surface area contributed by atoms with Crippen molar-refractivity contribution in [3.8, 4) is 11.6 Å². The van der Waals surface area contributed by atoms with Crippen LogP contribution in [-0.2, 0) is 0 Å². The first kappa shape index (κ1) is 10.4. The molecule has 0 unspecified atom stereocenters. The predicted octanol–water partition coefficient (Wildman–Crippen LogP) is 2.80. The lowest BCUT2D eigenvalue weighted by Crippen LogP contribution is -1.92. The first-order valence-electron chi connectivity index (χ1n) is 4.95. The molecule has 0 saturated heterocycles. The van der Waals surface area contributed by atoms with Gasteiger partial charge in [0.15, 0.2) is 0 Å². The maximum atomic E-state index is 7.55. The molecule has 0 saturated carbocycles. The highest BCUT2D eigenvalue weighted by molar-refractivity contribution is 5.47. The Morgan fingerprint density at radius 2 is 2.00 bits per heavy atom. The molecule has 2 rings (SSSR count). The fourth-order valence-electron chi connectivity index (χ4n) is 1.31. The normalized spacial score (nSPS) is 10.1. The minimum atomic E-state index is 0.506. The quantitative estimate of drug-likeness (QED) is 0.772. The SMILES string of the molecule is Cc1nccc(Oc2ccc([NH])c(C)c2)n1. The van der Waals surface area contributed by atoms with E-state index in [-0.39, 0.29) is 0 Å². The number of hydrogen-bond acceptors (Lipinski definition) is 3. The number of benzene rings is 1. The molecule has 1 aromatic carbocycles. The summed E-state index contributed by atoms with van der Waals surface area (Å²) in [6.07, 6.45) is 1.66. The van der Waals surface area contributed by atoms with Crippen LogP contribution in [0.25, 0.3) is 0 Å². The Balaban J connectivity index is 2.24. The molecular weight excluding hydrogens is 202 g/mol. The topological polar surface area (TPSA) is 58.8 Å². The molecule has 0 aliphatic carbocycles. The fraction of sp³-hybridized carbons (Fsp3) is 0.167. The standard InChI is InChI=1S/C12H12N3O/c1-8-7-10(3-4-11(8)13)16-12-5-6-14-9(2)15-12/h3-7,13H,1-2H3. The number of ether oxygens (including phenoxy) is 1. The molecule has 1 aromatic heterocycles. The van der Waals surface area contributed by atoms with E-state index in [1.165, 1.54) is 0 Å². The first-order valence-corrected chi connectivity index (χ1v) is 4.95. The number of aromatic nitrogens is 2. The van der Waals surface area contributed by atoms with Crippen molar-refractivity contribution in [3.05, 3.63) is 41.9 Å². The summed E-state index contributed by atoms with van der Waals surface area (Å²) in [5, 5.41) is 0. The Bertz CT molecular complexity index is 511. The summed E-state index contributed by atoms with van der Waals surface area (Å²) >= 11 is 0. The van der Waals surface area contributed by atoms with Gasteiger partial charge in [-0.25, -0.2) is 4.98 Å². The molecule has 1 heterocycles. The molecule has 0 fully saturated rings. The Hall–Kier alpha value is -2.10. The minimum Gasteiger partial charge on any atom is -0.439 e. The van der Waals surface area contributed by atoms with Crippen molar-refractivity contribution in [1.29, 1.82) is 0 Å². The monoisotopic (exact) mass is 214 g/mol. The van der Waals surface area contributed by atoms with Crippen LogP contribution in [0, 0.1) is 13.8 Å². The maximum Gasteiger partial charge on any atom is 0.222 e. The lowest BCUT2D eigenvalue weighted by atomic mass is 10.2. The lowest BCUT2D eigenvalue weighted by Gasteiger charge is -2.06. The van der Waals surface area contributed by atoms with E-state index in [2.05, 4.69) is 9.97 Å². The molecule has 0 bridgehead atoms. The highest BCUT2D eigenvalue weighted by Gasteiger charge is 2.01. The van der Waals surface area contributed by atoms with E-state index < -0.39 is 0 Å². The number of hydrogen-bond donors (Lipinski definition) is 0. The van der Waals surface area contributed by atoms with Crippen molar-refractivity contribution >= 4 is 5.69 Å². The third kappa shape index (κ3) is 2.28. The number of nitrogens with zero attached hydrogens (tertiary/aromatic N) is 2. The molecule has 1 radical (unpaired) electrons. The third-order valence-corrected chi connectivity index (χ3v) is 2.17. The molecule has 81 valence electrons. The van der Waals surface area contributed by atoms with Gasteiger partial charge >= 0.3 is 0 Å². The van der Waals surface area contributed by atoms with Gasteiger partial charge in [0.2, 0.25) is 5.88 Å². The van der Waals surface area contributed by atoms with E-state index in [0.717, 1.165) is 5.56 Å². The molecule has 4 nitrogen and oxygen atoms in total. The van der Waals surface area contributed by atoms with Gasteiger partial charge in [0, 0.05) is 12.3 Å². The lowest BCUT2D eigenvalue weighted by molar-refractivity contribution is 0.459. The van der Waals surface area contributed by atoms with Crippen LogP contribution in [0.5, 0.6) is 11.6 Å². The molecule has 1 N–H and O–H groups in total. The van der Waals surface area contributed by atoms with Crippen molar-refractivity contribution in [3.63, 3.8) is 0 Å². The average Bonchev–Trinajstić information content (AvgIpc) is 2.24. The van der Waals surface area contributed by atoms with Gasteiger partial charge in [-0.2, -0.15) is 4.98 Å². The summed E-state index contributed by atoms with van der Waals surface area (Å²) in [5.74, 6) is 1.88. The number of aryl methyl sites for hydroxylation is 2. The van der Waals surface area contributed by atoms with E-state index in [4.69, 9.17) is 10.5 Å². The van der Waals surface area contributed by atoms with E-state index >= 15 is 0 Å². The summed E-state index contributed by atoms with van der Waals surface area (Å²) in [5.41, 5.74) is 8.93. The van der Waals surface area contributed by atoms with Crippen LogP contribution >= 0.6 is 0 Å². The average molecular weight is 214 g/mol. The minimum absolute atomic E-state index is 0.506. The Kier molecular flexibility index (Phi) is 2.72. The van der Waals surface area contributed by atoms with Crippen LogP contribution in [0.4, 0.5) is 5.69 Å². The second-order valence-electron chi connectivity index (χ2n) is 3.52. The molecule has 0 atom stereocenters. The Morgan fingerprint density at radius 1 is 1.19 bits per heavy atom. The zero-order chi connectivity index (χ0) is 11.5. The van der Waals surface area contributed by atoms with Gasteiger partial charge in [0.25, 0.3) is 0 Å². The van der Waals surface area contributed by atoms with Gasteiger partial charge < -0.3 is 10.5 Å². The molecule has 0 aliphatic rings. The van der Waals surface area contributed by atoms with Crippen LogP contribution < -0.4 is 10.5 Å². The highest BCUT2D eigenvalue weighted by Crippen LogP contribution is 2.23. The second-order valence-corrected chi connectivity index (χ2v) is 3.52. The zero-order valence-corrected chi connectivity index (χ0v) is 9.19. The molecular formula is C12H12N3O. The van der Waals surface area contributed by atoms with Gasteiger partial charge in [-0.05, 0) is 37.6 Å². The molecule has 0 amide bonds. The molecule has 0 spiro atoms. The summed E-state index contributed by atoms with van der Waals surface area (Å²) in [4.78, 5) is 8.13. The van der Waals surface area contributed by atoms with Crippen LogP contribution in [0.3, 0.4) is 0 Å². The molecule has 16 heavy (non-hydrogen) atoms. The number of rotatable bonds is 2. The molecule has 2 aromatic rings. The third-order valence-electron chi connectivity index (χ3n) is 2.17. The van der Waals surface area contributed by atoms with Crippen LogP contribution in [0.2, 0.25) is 0 Å². The summed E-state index contributed by atoms with van der Waals surface area (Å²) < 4.78 is 5.56. The van der Waals surface area contributed by atoms with Crippen LogP contribution in [0.1, 0.15) is 11.4 Å². The van der Waals surface area contributed by atoms with E-state index in [1.54, 1.807) is 24.4 Å². The maximum absolute atomic E-state index is 7.55. The summed E-state index contributed by atoms with van der Waals surface area (Å²) in [6.45, 7) is 3.69. The van der Waals surface area contributed by atoms with Gasteiger partial charge in [-0.15, -0.1) is 0 Å². The van der Waals surface area contributed by atoms with Crippen molar-refractivity contribution < 1.29 is 4.74 Å². The van der Waals surface area contributed by atoms with Crippen molar-refractivity contribution in [1.82, 2.24) is 15.7 Å². The van der Waals surface area contributed by atoms with Gasteiger partial charge in [-0.3, -0.25) is 0 Å². The van der Waals surface area contributed by atoms with Crippen LogP contribution in [0.15, 0.2) is 30.5 Å². The molecule has 4 heteroatoms. The van der Waals surface area contributed by atoms with Gasteiger partial charge in [0.05, 0.1) is 5.69 Å². The smallest absolute Gasteiger partial charge is 0.222 e. The van der Waals surface area contributed by atoms with E-state index in [0.29, 0.717) is 23.1 Å². The largest absolute Gasteiger partial charge is 0.439 e. The van der Waals surface area contributed by atoms with Crippen LogP contribution in [-0.4, -0.2) is 9.97 Å². The zero-order valence-electron chi connectivity index (χ0n) is 9.19.